The normalized spacial score (nSPS) is 12.2. The molecule has 2 nitrogen and oxygen atoms in total. The Morgan fingerprint density at radius 2 is 2.25 bits per heavy atom. The zero-order valence-electron chi connectivity index (χ0n) is 6.50. The maximum Gasteiger partial charge on any atom is 0.0402 e. The van der Waals surface area contributed by atoms with E-state index in [9.17, 15) is 0 Å². The van der Waals surface area contributed by atoms with Gasteiger partial charge in [0.1, 0.15) is 0 Å². The van der Waals surface area contributed by atoms with Gasteiger partial charge in [-0.2, -0.15) is 0 Å². The summed E-state index contributed by atoms with van der Waals surface area (Å²) in [5.74, 6) is 0. The van der Waals surface area contributed by atoms with Gasteiger partial charge in [-0.25, -0.2) is 0 Å². The van der Waals surface area contributed by atoms with Crippen LogP contribution in [0.2, 0.25) is 0 Å². The minimum Gasteiger partial charge on any atom is -0.330 e. The van der Waals surface area contributed by atoms with Crippen molar-refractivity contribution in [3.63, 3.8) is 0 Å². The summed E-state index contributed by atoms with van der Waals surface area (Å²) in [6.07, 6.45) is 0.854. The van der Waals surface area contributed by atoms with E-state index in [-0.39, 0.29) is 18.4 Å². The molecule has 0 aliphatic heterocycles. The first kappa shape index (κ1) is 12.4. The summed E-state index contributed by atoms with van der Waals surface area (Å²) in [5, 5.41) is 2.03. The first-order chi connectivity index (χ1) is 5.24. The molecule has 5 heteroatoms. The summed E-state index contributed by atoms with van der Waals surface area (Å²) < 4.78 is 1.10. The lowest BCUT2D eigenvalue weighted by Gasteiger charge is -2.05. The van der Waals surface area contributed by atoms with Crippen LogP contribution in [0.15, 0.2) is 15.9 Å². The number of thiophene rings is 1. The molecule has 70 valence electrons. The lowest BCUT2D eigenvalue weighted by molar-refractivity contribution is 0.672. The Labute approximate surface area is 90.9 Å². The molecule has 1 atom stereocenters. The van der Waals surface area contributed by atoms with Crippen molar-refractivity contribution >= 4 is 39.7 Å². The average molecular weight is 272 g/mol. The second-order valence-electron chi connectivity index (χ2n) is 2.35. The minimum atomic E-state index is 0. The second kappa shape index (κ2) is 5.94. The molecule has 1 aromatic heterocycles. The van der Waals surface area contributed by atoms with Gasteiger partial charge in [0.05, 0.1) is 0 Å². The standard InChI is InChI=1S/C7H11BrN2S.ClH/c8-5-3-7(11-4-5)6(10)1-2-9;/h3-4,6H,1-2,9-10H2;1H/t6-;/m1./s1. The molecule has 0 aromatic carbocycles. The minimum absolute atomic E-state index is 0. The number of hydrogen-bond donors (Lipinski definition) is 2. The van der Waals surface area contributed by atoms with E-state index in [2.05, 4.69) is 15.9 Å². The van der Waals surface area contributed by atoms with Crippen molar-refractivity contribution in [3.05, 3.63) is 20.8 Å². The van der Waals surface area contributed by atoms with E-state index in [0.29, 0.717) is 6.54 Å². The molecule has 0 radical (unpaired) electrons. The van der Waals surface area contributed by atoms with Gasteiger partial charge >= 0.3 is 0 Å². The highest BCUT2D eigenvalue weighted by Crippen LogP contribution is 2.25. The van der Waals surface area contributed by atoms with Crippen LogP contribution in [0.25, 0.3) is 0 Å². The maximum atomic E-state index is 5.83. The van der Waals surface area contributed by atoms with Crippen molar-refractivity contribution in [1.29, 1.82) is 0 Å². The van der Waals surface area contributed by atoms with Gasteiger partial charge in [0.25, 0.3) is 0 Å². The van der Waals surface area contributed by atoms with Crippen molar-refractivity contribution in [3.8, 4) is 0 Å². The Kier molecular flexibility index (Phi) is 6.13. The molecule has 0 unspecified atom stereocenters. The van der Waals surface area contributed by atoms with E-state index < -0.39 is 0 Å². The van der Waals surface area contributed by atoms with Crippen LogP contribution in [0.1, 0.15) is 17.3 Å². The van der Waals surface area contributed by atoms with Crippen molar-refractivity contribution < 1.29 is 0 Å². The van der Waals surface area contributed by atoms with Gasteiger partial charge < -0.3 is 11.5 Å². The van der Waals surface area contributed by atoms with Gasteiger partial charge in [-0.05, 0) is 35.0 Å². The quantitative estimate of drug-likeness (QED) is 0.886. The van der Waals surface area contributed by atoms with Crippen molar-refractivity contribution in [2.24, 2.45) is 11.5 Å². The smallest absolute Gasteiger partial charge is 0.0402 e. The number of nitrogens with two attached hydrogens (primary N) is 2. The van der Waals surface area contributed by atoms with Crippen LogP contribution in [0.4, 0.5) is 0 Å². The SMILES string of the molecule is Cl.NCC[C@@H](N)c1cc(Br)cs1. The summed E-state index contributed by atoms with van der Waals surface area (Å²) in [6, 6.07) is 2.15. The Morgan fingerprint density at radius 1 is 1.58 bits per heavy atom. The Balaban J connectivity index is 0.00000121. The predicted molar refractivity (Wildman–Crippen MR) is 59.9 cm³/mol. The van der Waals surface area contributed by atoms with Gasteiger partial charge in [-0.15, -0.1) is 23.7 Å². The molecule has 1 rings (SSSR count). The third-order valence-electron chi connectivity index (χ3n) is 1.43. The molecule has 0 saturated carbocycles. The van der Waals surface area contributed by atoms with Crippen LogP contribution in [0, 0.1) is 0 Å². The first-order valence-electron chi connectivity index (χ1n) is 3.43. The van der Waals surface area contributed by atoms with Crippen LogP contribution in [0.3, 0.4) is 0 Å². The Hall–Kier alpha value is 0.390. The third kappa shape index (κ3) is 3.41. The first-order valence-corrected chi connectivity index (χ1v) is 5.11. The van der Waals surface area contributed by atoms with E-state index >= 15 is 0 Å². The Bertz CT molecular complexity index is 229. The van der Waals surface area contributed by atoms with Crippen LogP contribution in [-0.2, 0) is 0 Å². The molecule has 0 fully saturated rings. The molecule has 0 amide bonds. The van der Waals surface area contributed by atoms with Crippen LogP contribution in [0.5, 0.6) is 0 Å². The van der Waals surface area contributed by atoms with Crippen LogP contribution < -0.4 is 11.5 Å². The zero-order valence-corrected chi connectivity index (χ0v) is 9.71. The summed E-state index contributed by atoms with van der Waals surface area (Å²) in [6.45, 7) is 0.649. The molecule has 12 heavy (non-hydrogen) atoms. The molecule has 0 aliphatic carbocycles. The Morgan fingerprint density at radius 3 is 2.67 bits per heavy atom. The highest BCUT2D eigenvalue weighted by molar-refractivity contribution is 9.10. The summed E-state index contributed by atoms with van der Waals surface area (Å²) in [7, 11) is 0. The van der Waals surface area contributed by atoms with E-state index in [0.717, 1.165) is 10.9 Å². The number of halogens is 2. The average Bonchev–Trinajstić information content (AvgIpc) is 2.36. The molecule has 1 aromatic rings. The zero-order chi connectivity index (χ0) is 8.27. The van der Waals surface area contributed by atoms with Gasteiger partial charge in [0.15, 0.2) is 0 Å². The van der Waals surface area contributed by atoms with E-state index in [1.807, 2.05) is 11.4 Å². The molecular formula is C7H12BrClN2S. The monoisotopic (exact) mass is 270 g/mol. The molecule has 4 N–H and O–H groups in total. The molecule has 0 spiro atoms. The van der Waals surface area contributed by atoms with Gasteiger partial charge in [-0.1, -0.05) is 0 Å². The summed E-state index contributed by atoms with van der Waals surface area (Å²) >= 11 is 5.05. The lowest BCUT2D eigenvalue weighted by Crippen LogP contribution is -2.13. The van der Waals surface area contributed by atoms with E-state index in [1.54, 1.807) is 11.3 Å². The lowest BCUT2D eigenvalue weighted by atomic mass is 10.2. The van der Waals surface area contributed by atoms with Crippen molar-refractivity contribution in [2.45, 2.75) is 12.5 Å². The predicted octanol–water partition coefficient (Wildman–Crippen LogP) is 2.28. The molecule has 1 heterocycles. The fourth-order valence-electron chi connectivity index (χ4n) is 0.845. The van der Waals surface area contributed by atoms with E-state index in [1.165, 1.54) is 4.88 Å². The van der Waals surface area contributed by atoms with Crippen LogP contribution in [-0.4, -0.2) is 6.54 Å². The highest BCUT2D eigenvalue weighted by Gasteiger charge is 2.06. The fraction of sp³-hybridized carbons (Fsp3) is 0.429. The second-order valence-corrected chi connectivity index (χ2v) is 4.21. The van der Waals surface area contributed by atoms with Gasteiger partial charge in [0, 0.05) is 20.8 Å². The third-order valence-corrected chi connectivity index (χ3v) is 3.26. The largest absolute Gasteiger partial charge is 0.330 e. The van der Waals surface area contributed by atoms with Gasteiger partial charge in [0.2, 0.25) is 0 Å². The number of rotatable bonds is 3. The molecular weight excluding hydrogens is 260 g/mol. The fourth-order valence-corrected chi connectivity index (χ4v) is 2.33. The summed E-state index contributed by atoms with van der Waals surface area (Å²) in [4.78, 5) is 1.20. The molecule has 0 aliphatic rings. The maximum absolute atomic E-state index is 5.83. The van der Waals surface area contributed by atoms with Gasteiger partial charge in [-0.3, -0.25) is 0 Å². The van der Waals surface area contributed by atoms with Crippen LogP contribution >= 0.6 is 39.7 Å². The molecule has 0 bridgehead atoms. The van der Waals surface area contributed by atoms with E-state index in [4.69, 9.17) is 11.5 Å². The highest BCUT2D eigenvalue weighted by atomic mass is 79.9. The topological polar surface area (TPSA) is 52.0 Å². The molecule has 0 saturated heterocycles. The van der Waals surface area contributed by atoms with Crippen molar-refractivity contribution in [2.75, 3.05) is 6.54 Å². The number of hydrogen-bond acceptors (Lipinski definition) is 3. The summed E-state index contributed by atoms with van der Waals surface area (Å²) in [5.41, 5.74) is 11.2. The van der Waals surface area contributed by atoms with Crippen molar-refractivity contribution in [1.82, 2.24) is 0 Å².